The highest BCUT2D eigenvalue weighted by Gasteiger charge is 2.53. The second-order valence-corrected chi connectivity index (χ2v) is 42.4. The van der Waals surface area contributed by atoms with Crippen LogP contribution in [0.2, 0.25) is 0 Å². The number of ether oxygens (including phenoxy) is 14. The third kappa shape index (κ3) is 40.6. The first-order valence-electron chi connectivity index (χ1n) is 48.4. The van der Waals surface area contributed by atoms with E-state index in [1.807, 2.05) is 88.4 Å². The number of unbranched alkanes of at least 4 members (excludes halogenated alkanes) is 2. The van der Waals surface area contributed by atoms with Crippen molar-refractivity contribution in [2.75, 3.05) is 98.7 Å². The number of nitro benzene ring substituents is 3. The van der Waals surface area contributed by atoms with Gasteiger partial charge in [-0.25, -0.2) is 39.6 Å². The first-order valence-corrected chi connectivity index (χ1v) is 52.7. The van der Waals surface area contributed by atoms with Gasteiger partial charge >= 0.3 is 54.1 Å². The van der Waals surface area contributed by atoms with Gasteiger partial charge in [0.15, 0.2) is 24.6 Å². The Morgan fingerprint density at radius 3 is 1.05 bits per heavy atom. The summed E-state index contributed by atoms with van der Waals surface area (Å²) in [6.45, 7) is 15.7. The zero-order chi connectivity index (χ0) is 108. The number of aliphatic hydroxyl groups is 2. The molecule has 3 amide bonds. The third-order valence-corrected chi connectivity index (χ3v) is 28.5. The molecule has 0 saturated carbocycles. The molecule has 4 aliphatic heterocycles. The quantitative estimate of drug-likeness (QED) is 0.00779. The molecule has 4 heterocycles. The van der Waals surface area contributed by atoms with E-state index in [0.29, 0.717) is 64.1 Å². The molecule has 0 radical (unpaired) electrons. The minimum atomic E-state index is -4.38. The number of nitro groups is 3. The van der Waals surface area contributed by atoms with Gasteiger partial charge in [0, 0.05) is 136 Å². The molecule has 4 fully saturated rings. The average Bonchev–Trinajstić information content (AvgIpc) is 1.33. The molecule has 0 aliphatic carbocycles. The fraction of sp³-hybridized carbons (Fsp3) is 0.545. The zero-order valence-electron chi connectivity index (χ0n) is 84.1. The van der Waals surface area contributed by atoms with E-state index < -0.39 is 191 Å². The molecule has 4 aliphatic rings. The number of rotatable bonds is 53. The number of hydrogen-bond acceptors (Lipinski definition) is 37. The summed E-state index contributed by atoms with van der Waals surface area (Å²) >= 11 is 0. The first kappa shape index (κ1) is 121. The summed E-state index contributed by atoms with van der Waals surface area (Å²) in [7, 11) is -12.7. The molecule has 46 nitrogen and oxygen atoms in total. The molecule has 0 spiro atoms. The number of amides is 3. The second-order valence-electron chi connectivity index (χ2n) is 36.6. The molecule has 6 aromatic rings. The minimum Gasteiger partial charge on any atom is -0.463 e. The number of hydrogen-bond donors (Lipinski definition) is 5. The van der Waals surface area contributed by atoms with E-state index in [-0.39, 0.29) is 160 Å². The van der Waals surface area contributed by atoms with Gasteiger partial charge in [0.1, 0.15) is 43.2 Å². The van der Waals surface area contributed by atoms with E-state index in [9.17, 15) is 104 Å². The lowest BCUT2D eigenvalue weighted by Gasteiger charge is -2.44. The van der Waals surface area contributed by atoms with Gasteiger partial charge in [0.2, 0.25) is 30.1 Å². The molecule has 4 saturated heterocycles. The van der Waals surface area contributed by atoms with Crippen LogP contribution >= 0.6 is 0 Å². The lowest BCUT2D eigenvalue weighted by atomic mass is 9.98. The van der Waals surface area contributed by atoms with Crippen LogP contribution in [-0.2, 0) is 144 Å². The fourth-order valence-electron chi connectivity index (χ4n) is 15.9. The highest BCUT2D eigenvalue weighted by Crippen LogP contribution is 2.33. The standard InChI is InChI=1S/C44H59N3O19S.C30H41N3O10S.C25H33N3O8S/c1-27(2)23-46(67(56,57)35-17-15-33(16-18-35)47(54)55)24-37(36(22-32-12-8-7-9-13-32)45-44(53)64-34-19-21-58-25-34)65-39(52)14-10-11-20-59-43-42(63-31(6)51)41(62-30(5)50)40(61-29(4)49)38(66-43)26-60-28(3)48;1-22(2)19-32(44(39,40)26-13-11-24(12-14-26)33(37)38)20-28(43-29(35)10-6-7-16-34)27(18-23-8-4-3-5-9-23)31-30(36)42-25-15-17-41-21-25;1-18(2)15-27(37(33,34)22-10-8-20(9-11-22)28(31)32)16-24(29)23(14-19-6-4-3-5-7-19)26-25(30)36-21-12-13-35-17-21/h7-9,12-13,15-18,27,34,36-38,40-43H,10-11,14,19-26H2,1-6H3,(H,45,53);3-5,8-9,11-14,22,25,27-28,34H,6-7,10,15-21H2,1-2H3,(H,31,36);3-11,18,21,23-24,29H,12-17H2,1-2H3,(H,26,30)/t34-,36-,37+,38?,40+,41-,42?,43+;25-,27-,28+;21-,23-,24+/m000/s1. The topological polar surface area (TPSA) is 601 Å². The van der Waals surface area contributed by atoms with E-state index in [1.165, 1.54) is 16.4 Å². The summed E-state index contributed by atoms with van der Waals surface area (Å²) in [4.78, 5) is 145. The molecule has 148 heavy (non-hydrogen) atoms. The van der Waals surface area contributed by atoms with Crippen molar-refractivity contribution in [3.05, 3.63) is 211 Å². The SMILES string of the molecule is CC(=O)OCC1O[C@@H](OCCCCC(=O)O[C@H](CN(CC(C)C)S(=O)(=O)c2ccc([N+](=O)[O-])cc2)[C@H](Cc2ccccc2)NC(=O)O[C@H]2CCOC2)C(OC(C)=O)[C@@H](OC(C)=O)[C@@H]1OC(C)=O.CC(C)CN(C[C@@H](O)[C@H](Cc1ccccc1)NC(=O)O[C@H]1CCOC1)S(=O)(=O)c1ccc([N+](=O)[O-])cc1.CC(C)CN(C[C@@H](OC(=O)CCCCO)[C@H](Cc1ccccc1)NC(=O)O[C@H]1CCOC1)S(=O)(=O)c1ccc([N+](=O)[O-])cc1. The predicted molar refractivity (Wildman–Crippen MR) is 527 cm³/mol. The van der Waals surface area contributed by atoms with Gasteiger partial charge in [-0.15, -0.1) is 0 Å². The molecule has 49 heteroatoms. The smallest absolute Gasteiger partial charge is 0.407 e. The summed E-state index contributed by atoms with van der Waals surface area (Å²) in [5, 5.41) is 62.1. The van der Waals surface area contributed by atoms with Gasteiger partial charge in [0.25, 0.3) is 17.1 Å². The largest absolute Gasteiger partial charge is 0.463 e. The van der Waals surface area contributed by atoms with E-state index in [4.69, 9.17) is 71.4 Å². The molecule has 10 rings (SSSR count). The van der Waals surface area contributed by atoms with Crippen LogP contribution in [0.3, 0.4) is 0 Å². The summed E-state index contributed by atoms with van der Waals surface area (Å²) in [5.41, 5.74) is 1.55. The van der Waals surface area contributed by atoms with Crippen molar-refractivity contribution in [1.82, 2.24) is 28.9 Å². The summed E-state index contributed by atoms with van der Waals surface area (Å²) in [5.74, 6) is -4.98. The Kier molecular flexibility index (Phi) is 49.2. The van der Waals surface area contributed by atoms with E-state index in [2.05, 4.69) is 16.0 Å². The Bertz CT molecular complexity index is 5620. The maximum Gasteiger partial charge on any atom is 0.407 e. The predicted octanol–water partition coefficient (Wildman–Crippen LogP) is 9.72. The monoisotopic (exact) mass is 2140 g/mol. The van der Waals surface area contributed by atoms with E-state index in [1.54, 1.807) is 44.2 Å². The highest BCUT2D eigenvalue weighted by atomic mass is 32.2. The van der Waals surface area contributed by atoms with Crippen molar-refractivity contribution < 1.29 is 160 Å². The lowest BCUT2D eigenvalue weighted by molar-refractivity contribution is -0.385. The maximum absolute atomic E-state index is 14.3. The van der Waals surface area contributed by atoms with Crippen LogP contribution < -0.4 is 16.0 Å². The number of aliphatic hydroxyl groups excluding tert-OH is 2. The number of nitrogens with zero attached hydrogens (tertiary/aromatic N) is 6. The molecule has 14 atom stereocenters. The minimum absolute atomic E-state index is 0.0156. The molecule has 0 aromatic heterocycles. The molecular weight excluding hydrogens is 2000 g/mol. The molecule has 0 bridgehead atoms. The van der Waals surface area contributed by atoms with Gasteiger partial charge in [0.05, 0.1) is 106 Å². The fourth-order valence-corrected chi connectivity index (χ4v) is 20.8. The highest BCUT2D eigenvalue weighted by molar-refractivity contribution is 7.89. The van der Waals surface area contributed by atoms with Crippen molar-refractivity contribution in [2.24, 2.45) is 17.8 Å². The zero-order valence-corrected chi connectivity index (χ0v) is 86.5. The molecule has 6 aromatic carbocycles. The molecule has 5 N–H and O–H groups in total. The third-order valence-electron chi connectivity index (χ3n) is 22.9. The van der Waals surface area contributed by atoms with Crippen molar-refractivity contribution >= 4 is 101 Å². The summed E-state index contributed by atoms with van der Waals surface area (Å²) < 4.78 is 164. The van der Waals surface area contributed by atoms with Crippen LogP contribution in [0.5, 0.6) is 0 Å². The van der Waals surface area contributed by atoms with Crippen molar-refractivity contribution in [3.8, 4) is 0 Å². The normalized spacial score (nSPS) is 18.9. The van der Waals surface area contributed by atoms with Crippen LogP contribution in [0.4, 0.5) is 31.4 Å². The Balaban J connectivity index is 0.000000286. The Morgan fingerprint density at radius 1 is 0.412 bits per heavy atom. The molecule has 2 unspecified atom stereocenters. The Morgan fingerprint density at radius 2 is 0.736 bits per heavy atom. The Labute approximate surface area is 858 Å². The maximum atomic E-state index is 14.3. The summed E-state index contributed by atoms with van der Waals surface area (Å²) in [6.07, 6.45) is -11.5. The molecule has 814 valence electrons. The van der Waals surface area contributed by atoms with Gasteiger partial charge < -0.3 is 92.5 Å². The first-order chi connectivity index (χ1) is 70.3. The van der Waals surface area contributed by atoms with Gasteiger partial charge in [-0.3, -0.25) is 59.1 Å². The number of esters is 6. The Hall–Kier alpha value is -12.4. The number of benzene rings is 6. The van der Waals surface area contributed by atoms with Crippen molar-refractivity contribution in [1.29, 1.82) is 0 Å². The number of non-ortho nitro benzene ring substituents is 3. The average molecular weight is 2140 g/mol. The van der Waals surface area contributed by atoms with Crippen molar-refractivity contribution in [2.45, 2.75) is 246 Å². The number of carbonyl (C=O) groups is 9. The van der Waals surface area contributed by atoms with Crippen molar-refractivity contribution in [3.63, 3.8) is 0 Å². The van der Waals surface area contributed by atoms with Crippen LogP contribution in [0, 0.1) is 48.1 Å². The van der Waals surface area contributed by atoms with E-state index in [0.717, 1.165) is 108 Å². The molecular formula is C99H133N9O37S3. The van der Waals surface area contributed by atoms with Gasteiger partial charge in [-0.1, -0.05) is 133 Å². The van der Waals surface area contributed by atoms with Crippen LogP contribution in [0.25, 0.3) is 0 Å². The lowest BCUT2D eigenvalue weighted by Crippen LogP contribution is -2.63. The van der Waals surface area contributed by atoms with Crippen LogP contribution in [0.1, 0.15) is 144 Å². The second kappa shape index (κ2) is 60.3. The number of sulfonamides is 3. The number of alkyl carbamates (subject to hydrolysis) is 3. The van der Waals surface area contributed by atoms with Gasteiger partial charge in [-0.05, 0) is 116 Å². The van der Waals surface area contributed by atoms with Gasteiger partial charge in [-0.2, -0.15) is 12.9 Å². The number of carbonyl (C=O) groups excluding carboxylic acids is 9. The number of nitrogens with one attached hydrogen (secondary N) is 3. The summed E-state index contributed by atoms with van der Waals surface area (Å²) in [6, 6.07) is 38.0. The van der Waals surface area contributed by atoms with E-state index >= 15 is 0 Å². The van der Waals surface area contributed by atoms with Crippen LogP contribution in [-0.4, -0.2) is 301 Å². The van der Waals surface area contributed by atoms with Crippen LogP contribution in [0.15, 0.2) is 178 Å².